The summed E-state index contributed by atoms with van der Waals surface area (Å²) in [7, 11) is 0. The van der Waals surface area contributed by atoms with Crippen molar-refractivity contribution in [2.75, 3.05) is 36.4 Å². The zero-order chi connectivity index (χ0) is 20.9. The number of carbonyl (C=O) groups is 2. The molecule has 152 valence electrons. The van der Waals surface area contributed by atoms with Crippen molar-refractivity contribution in [2.45, 2.75) is 6.92 Å². The molecule has 1 aliphatic rings. The summed E-state index contributed by atoms with van der Waals surface area (Å²) in [6.45, 7) is 4.74. The Bertz CT molecular complexity index is 1010. The van der Waals surface area contributed by atoms with Gasteiger partial charge in [-0.25, -0.2) is 0 Å². The van der Waals surface area contributed by atoms with Gasteiger partial charge in [-0.05, 0) is 47.5 Å². The Morgan fingerprint density at radius 1 is 0.733 bits per heavy atom. The molecule has 3 aromatic rings. The molecule has 0 aliphatic carbocycles. The third-order valence-corrected chi connectivity index (χ3v) is 5.47. The molecule has 0 saturated carbocycles. The highest BCUT2D eigenvalue weighted by Crippen LogP contribution is 2.22. The molecule has 0 aromatic heterocycles. The van der Waals surface area contributed by atoms with Crippen LogP contribution in [0, 0.1) is 0 Å². The number of benzene rings is 3. The summed E-state index contributed by atoms with van der Waals surface area (Å²) in [6, 6.07) is 25.6. The quantitative estimate of drug-likeness (QED) is 0.713. The molecule has 1 aliphatic heterocycles. The van der Waals surface area contributed by atoms with Gasteiger partial charge in [0.05, 0.1) is 0 Å². The average molecular weight is 399 g/mol. The van der Waals surface area contributed by atoms with Gasteiger partial charge in [0.2, 0.25) is 5.91 Å². The van der Waals surface area contributed by atoms with Crippen molar-refractivity contribution < 1.29 is 9.59 Å². The predicted molar refractivity (Wildman–Crippen MR) is 121 cm³/mol. The van der Waals surface area contributed by atoms with Gasteiger partial charge in [0, 0.05) is 50.0 Å². The number of anilines is 2. The minimum Gasteiger partial charge on any atom is -0.368 e. The summed E-state index contributed by atoms with van der Waals surface area (Å²) in [5, 5.41) is 2.96. The molecule has 0 spiro atoms. The second kappa shape index (κ2) is 8.82. The number of rotatable bonds is 4. The molecule has 4 rings (SSSR count). The molecule has 1 fully saturated rings. The summed E-state index contributed by atoms with van der Waals surface area (Å²) >= 11 is 0. The third kappa shape index (κ3) is 4.51. The van der Waals surface area contributed by atoms with Crippen LogP contribution in [0.3, 0.4) is 0 Å². The molecule has 2 amide bonds. The second-order valence-corrected chi connectivity index (χ2v) is 7.44. The lowest BCUT2D eigenvalue weighted by Crippen LogP contribution is -2.48. The number of piperazine rings is 1. The molecule has 1 saturated heterocycles. The first-order valence-electron chi connectivity index (χ1n) is 10.2. The minimum absolute atomic E-state index is 0.127. The lowest BCUT2D eigenvalue weighted by atomic mass is 10.0. The van der Waals surface area contributed by atoms with E-state index in [0.717, 1.165) is 48.7 Å². The summed E-state index contributed by atoms with van der Waals surface area (Å²) in [6.07, 6.45) is 0. The van der Waals surface area contributed by atoms with Gasteiger partial charge >= 0.3 is 0 Å². The maximum absolute atomic E-state index is 12.6. The van der Waals surface area contributed by atoms with E-state index in [1.165, 1.54) is 0 Å². The topological polar surface area (TPSA) is 52.7 Å². The summed E-state index contributed by atoms with van der Waals surface area (Å²) < 4.78 is 0. The third-order valence-electron chi connectivity index (χ3n) is 5.47. The molecular weight excluding hydrogens is 374 g/mol. The molecule has 0 bridgehead atoms. The van der Waals surface area contributed by atoms with Crippen molar-refractivity contribution in [1.82, 2.24) is 4.90 Å². The van der Waals surface area contributed by atoms with Crippen molar-refractivity contribution in [1.29, 1.82) is 0 Å². The molecule has 0 radical (unpaired) electrons. The van der Waals surface area contributed by atoms with E-state index in [-0.39, 0.29) is 11.8 Å². The van der Waals surface area contributed by atoms with Gasteiger partial charge in [-0.15, -0.1) is 0 Å². The zero-order valence-electron chi connectivity index (χ0n) is 17.0. The van der Waals surface area contributed by atoms with E-state index in [9.17, 15) is 9.59 Å². The lowest BCUT2D eigenvalue weighted by molar-refractivity contribution is -0.129. The molecular formula is C25H25N3O2. The summed E-state index contributed by atoms with van der Waals surface area (Å²) in [5.41, 5.74) is 4.70. The van der Waals surface area contributed by atoms with Crippen LogP contribution in [-0.2, 0) is 4.79 Å². The van der Waals surface area contributed by atoms with E-state index >= 15 is 0 Å². The van der Waals surface area contributed by atoms with Crippen LogP contribution in [0.1, 0.15) is 17.3 Å². The fourth-order valence-corrected chi connectivity index (χ4v) is 3.68. The Morgan fingerprint density at radius 2 is 1.33 bits per heavy atom. The number of nitrogens with zero attached hydrogens (tertiary/aromatic N) is 2. The van der Waals surface area contributed by atoms with Gasteiger partial charge in [0.15, 0.2) is 0 Å². The van der Waals surface area contributed by atoms with Crippen LogP contribution in [-0.4, -0.2) is 42.9 Å². The monoisotopic (exact) mass is 399 g/mol. The van der Waals surface area contributed by atoms with Crippen LogP contribution in [0.4, 0.5) is 11.4 Å². The number of hydrogen-bond acceptors (Lipinski definition) is 3. The molecule has 1 N–H and O–H groups in total. The molecule has 1 heterocycles. The van der Waals surface area contributed by atoms with E-state index < -0.39 is 0 Å². The summed E-state index contributed by atoms with van der Waals surface area (Å²) in [5.74, 6) is 0.00180. The van der Waals surface area contributed by atoms with Gasteiger partial charge < -0.3 is 15.1 Å². The van der Waals surface area contributed by atoms with Crippen LogP contribution in [0.15, 0.2) is 78.9 Å². The highest BCUT2D eigenvalue weighted by Gasteiger charge is 2.18. The molecule has 0 atom stereocenters. The highest BCUT2D eigenvalue weighted by molar-refractivity contribution is 6.04. The maximum Gasteiger partial charge on any atom is 0.255 e. The number of hydrogen-bond donors (Lipinski definition) is 1. The van der Waals surface area contributed by atoms with Crippen LogP contribution in [0.5, 0.6) is 0 Å². The van der Waals surface area contributed by atoms with Crippen LogP contribution in [0.25, 0.3) is 11.1 Å². The Morgan fingerprint density at radius 3 is 1.93 bits per heavy atom. The minimum atomic E-state index is -0.127. The standard InChI is InChI=1S/C25H25N3O2/c1-19(29)27-15-17-28(18-16-27)24-13-11-23(12-14-24)26-25(30)22-9-7-21(8-10-22)20-5-3-2-4-6-20/h2-14H,15-18H2,1H3,(H,26,30). The average Bonchev–Trinajstić information content (AvgIpc) is 2.80. The summed E-state index contributed by atoms with van der Waals surface area (Å²) in [4.78, 5) is 28.2. The van der Waals surface area contributed by atoms with Crippen LogP contribution < -0.4 is 10.2 Å². The van der Waals surface area contributed by atoms with E-state index in [1.54, 1.807) is 6.92 Å². The van der Waals surface area contributed by atoms with Crippen molar-refractivity contribution in [3.05, 3.63) is 84.4 Å². The van der Waals surface area contributed by atoms with Gasteiger partial charge in [-0.2, -0.15) is 0 Å². The first-order valence-corrected chi connectivity index (χ1v) is 10.2. The predicted octanol–water partition coefficient (Wildman–Crippen LogP) is 4.27. The molecule has 3 aromatic carbocycles. The fourth-order valence-electron chi connectivity index (χ4n) is 3.68. The zero-order valence-corrected chi connectivity index (χ0v) is 17.0. The maximum atomic E-state index is 12.6. The van der Waals surface area contributed by atoms with E-state index in [2.05, 4.69) is 22.3 Å². The van der Waals surface area contributed by atoms with E-state index in [0.29, 0.717) is 5.56 Å². The van der Waals surface area contributed by atoms with Gasteiger partial charge in [-0.3, -0.25) is 9.59 Å². The van der Waals surface area contributed by atoms with E-state index in [1.807, 2.05) is 71.6 Å². The van der Waals surface area contributed by atoms with Gasteiger partial charge in [0.25, 0.3) is 5.91 Å². The lowest BCUT2D eigenvalue weighted by Gasteiger charge is -2.35. The van der Waals surface area contributed by atoms with Crippen LogP contribution in [0.2, 0.25) is 0 Å². The van der Waals surface area contributed by atoms with Crippen molar-refractivity contribution >= 4 is 23.2 Å². The Labute approximate surface area is 176 Å². The smallest absolute Gasteiger partial charge is 0.255 e. The highest BCUT2D eigenvalue weighted by atomic mass is 16.2. The molecule has 5 heteroatoms. The largest absolute Gasteiger partial charge is 0.368 e. The van der Waals surface area contributed by atoms with Crippen molar-refractivity contribution in [3.63, 3.8) is 0 Å². The Kier molecular flexibility index (Phi) is 5.80. The molecule has 0 unspecified atom stereocenters. The van der Waals surface area contributed by atoms with E-state index in [4.69, 9.17) is 0 Å². The first kappa shape index (κ1) is 19.7. The van der Waals surface area contributed by atoms with Gasteiger partial charge in [-0.1, -0.05) is 42.5 Å². The number of amides is 2. The van der Waals surface area contributed by atoms with Crippen LogP contribution >= 0.6 is 0 Å². The molecule has 5 nitrogen and oxygen atoms in total. The Hall–Kier alpha value is -3.60. The first-order chi connectivity index (χ1) is 14.6. The fraction of sp³-hybridized carbons (Fsp3) is 0.200. The van der Waals surface area contributed by atoms with Gasteiger partial charge in [0.1, 0.15) is 0 Å². The number of nitrogens with one attached hydrogen (secondary N) is 1. The Balaban J connectivity index is 1.36. The SMILES string of the molecule is CC(=O)N1CCN(c2ccc(NC(=O)c3ccc(-c4ccccc4)cc3)cc2)CC1. The molecule has 30 heavy (non-hydrogen) atoms. The normalized spacial score (nSPS) is 13.8. The second-order valence-electron chi connectivity index (χ2n) is 7.44. The van der Waals surface area contributed by atoms with Crippen molar-refractivity contribution in [3.8, 4) is 11.1 Å². The number of carbonyl (C=O) groups excluding carboxylic acids is 2. The van der Waals surface area contributed by atoms with Crippen molar-refractivity contribution in [2.24, 2.45) is 0 Å².